The van der Waals surface area contributed by atoms with Gasteiger partial charge in [0.2, 0.25) is 0 Å². The zero-order valence-corrected chi connectivity index (χ0v) is 35.8. The third-order valence-corrected chi connectivity index (χ3v) is 10.9. The molecular formula is C46H91NO5. The summed E-state index contributed by atoms with van der Waals surface area (Å²) in [5.41, 5.74) is -0.436. The Hall–Kier alpha value is -1.14. The van der Waals surface area contributed by atoms with Gasteiger partial charge in [0.1, 0.15) is 6.10 Å². The number of aliphatic hydroxyl groups excluding tert-OH is 1. The number of carbonyl (C=O) groups is 2. The van der Waals surface area contributed by atoms with Crippen LogP contribution in [0.1, 0.15) is 240 Å². The maximum absolute atomic E-state index is 13.3. The Kier molecular flexibility index (Phi) is 37.3. The first-order valence-electron chi connectivity index (χ1n) is 23.0. The Balaban J connectivity index is 4.18. The lowest BCUT2D eigenvalue weighted by atomic mass is 9.86. The van der Waals surface area contributed by atoms with Gasteiger partial charge in [-0.1, -0.05) is 162 Å². The second-order valence-electron chi connectivity index (χ2n) is 16.6. The number of rotatable bonds is 41. The minimum Gasteiger partial charge on any atom is -0.466 e. The molecule has 0 bridgehead atoms. The summed E-state index contributed by atoms with van der Waals surface area (Å²) in [6.07, 6.45) is 37.5. The molecule has 0 amide bonds. The van der Waals surface area contributed by atoms with Gasteiger partial charge in [-0.3, -0.25) is 9.59 Å². The van der Waals surface area contributed by atoms with Crippen LogP contribution in [0.15, 0.2) is 0 Å². The average molecular weight is 738 g/mol. The highest BCUT2D eigenvalue weighted by atomic mass is 16.5. The van der Waals surface area contributed by atoms with E-state index >= 15 is 0 Å². The van der Waals surface area contributed by atoms with Crippen LogP contribution >= 0.6 is 0 Å². The molecule has 1 N–H and O–H groups in total. The monoisotopic (exact) mass is 738 g/mol. The summed E-state index contributed by atoms with van der Waals surface area (Å²) in [6.45, 7) is 14.4. The van der Waals surface area contributed by atoms with E-state index < -0.39 is 5.41 Å². The Labute approximate surface area is 324 Å². The van der Waals surface area contributed by atoms with E-state index in [9.17, 15) is 14.7 Å². The van der Waals surface area contributed by atoms with Crippen LogP contribution in [0.3, 0.4) is 0 Å². The average Bonchev–Trinajstić information content (AvgIpc) is 3.12. The smallest absolute Gasteiger partial charge is 0.311 e. The summed E-state index contributed by atoms with van der Waals surface area (Å²) >= 11 is 0. The van der Waals surface area contributed by atoms with Crippen LogP contribution in [0, 0.1) is 5.41 Å². The minimum absolute atomic E-state index is 0.000511. The molecule has 0 rings (SSSR count). The second-order valence-corrected chi connectivity index (χ2v) is 16.6. The lowest BCUT2D eigenvalue weighted by Gasteiger charge is -2.27. The molecule has 310 valence electrons. The van der Waals surface area contributed by atoms with Crippen molar-refractivity contribution in [1.82, 2.24) is 4.90 Å². The van der Waals surface area contributed by atoms with E-state index in [4.69, 9.17) is 9.47 Å². The van der Waals surface area contributed by atoms with Crippen molar-refractivity contribution in [1.29, 1.82) is 0 Å². The molecule has 0 radical (unpaired) electrons. The molecule has 6 heteroatoms. The predicted octanol–water partition coefficient (Wildman–Crippen LogP) is 13.3. The van der Waals surface area contributed by atoms with Crippen LogP contribution < -0.4 is 0 Å². The van der Waals surface area contributed by atoms with Crippen LogP contribution in [0.25, 0.3) is 0 Å². The summed E-state index contributed by atoms with van der Waals surface area (Å²) in [6, 6.07) is 0. The molecule has 0 saturated heterocycles. The summed E-state index contributed by atoms with van der Waals surface area (Å²) in [5.74, 6) is -0.0320. The summed E-state index contributed by atoms with van der Waals surface area (Å²) in [4.78, 5) is 27.7. The van der Waals surface area contributed by atoms with Gasteiger partial charge in [0.25, 0.3) is 0 Å². The number of nitrogens with zero attached hydrogens (tertiary/aromatic N) is 1. The molecule has 0 heterocycles. The van der Waals surface area contributed by atoms with E-state index in [2.05, 4.69) is 39.5 Å². The molecular weight excluding hydrogens is 647 g/mol. The largest absolute Gasteiger partial charge is 0.466 e. The summed E-state index contributed by atoms with van der Waals surface area (Å²) < 4.78 is 11.7. The van der Waals surface area contributed by atoms with Crippen molar-refractivity contribution in [2.45, 2.75) is 246 Å². The first-order chi connectivity index (χ1) is 25.3. The number of ether oxygens (including phenoxy) is 2. The lowest BCUT2D eigenvalue weighted by molar-refractivity contribution is -0.161. The molecule has 0 atom stereocenters. The van der Waals surface area contributed by atoms with E-state index in [0.717, 1.165) is 103 Å². The van der Waals surface area contributed by atoms with Gasteiger partial charge in [-0.15, -0.1) is 0 Å². The Morgan fingerprint density at radius 3 is 1.46 bits per heavy atom. The van der Waals surface area contributed by atoms with Gasteiger partial charge < -0.3 is 19.5 Å². The van der Waals surface area contributed by atoms with Gasteiger partial charge in [-0.2, -0.15) is 0 Å². The Bertz CT molecular complexity index is 756. The molecule has 0 aromatic heterocycles. The molecule has 0 unspecified atom stereocenters. The fourth-order valence-electron chi connectivity index (χ4n) is 7.16. The molecule has 0 aliphatic heterocycles. The standard InChI is InChI=1S/C46H91NO5/c1-6-9-12-15-18-19-22-29-36-44(49)51-42-33-26-25-32-39-47(40-41-48)38-31-24-23-30-37-46(4,5)45(50)52-43(34-27-20-16-13-10-7-2)35-28-21-17-14-11-8-3/h43,48H,6-42H2,1-5H3. The van der Waals surface area contributed by atoms with Gasteiger partial charge >= 0.3 is 11.9 Å². The number of carbonyl (C=O) groups excluding carboxylic acids is 2. The van der Waals surface area contributed by atoms with E-state index in [1.54, 1.807) is 0 Å². The van der Waals surface area contributed by atoms with E-state index in [1.807, 2.05) is 0 Å². The van der Waals surface area contributed by atoms with Crippen molar-refractivity contribution in [3.8, 4) is 0 Å². The van der Waals surface area contributed by atoms with Crippen LogP contribution in [0.5, 0.6) is 0 Å². The fraction of sp³-hybridized carbons (Fsp3) is 0.957. The Morgan fingerprint density at radius 2 is 0.962 bits per heavy atom. The van der Waals surface area contributed by atoms with Gasteiger partial charge in [0, 0.05) is 13.0 Å². The zero-order chi connectivity index (χ0) is 38.4. The zero-order valence-electron chi connectivity index (χ0n) is 35.8. The second kappa shape index (κ2) is 38.1. The normalized spacial score (nSPS) is 11.9. The molecule has 0 aromatic carbocycles. The topological polar surface area (TPSA) is 76.1 Å². The van der Waals surface area contributed by atoms with Crippen molar-refractivity contribution in [2.24, 2.45) is 5.41 Å². The minimum atomic E-state index is -0.436. The fourth-order valence-corrected chi connectivity index (χ4v) is 7.16. The summed E-state index contributed by atoms with van der Waals surface area (Å²) in [7, 11) is 0. The third-order valence-electron chi connectivity index (χ3n) is 10.9. The van der Waals surface area contributed by atoms with E-state index in [0.29, 0.717) is 13.0 Å². The van der Waals surface area contributed by atoms with Crippen molar-refractivity contribution in [3.63, 3.8) is 0 Å². The lowest BCUT2D eigenvalue weighted by Crippen LogP contribution is -2.31. The maximum Gasteiger partial charge on any atom is 0.311 e. The molecule has 0 fully saturated rings. The van der Waals surface area contributed by atoms with Crippen LogP contribution in [0.2, 0.25) is 0 Å². The quantitative estimate of drug-likeness (QED) is 0.0497. The number of esters is 2. The van der Waals surface area contributed by atoms with Crippen LogP contribution in [-0.2, 0) is 19.1 Å². The first kappa shape index (κ1) is 50.9. The highest BCUT2D eigenvalue weighted by molar-refractivity contribution is 5.76. The van der Waals surface area contributed by atoms with Crippen molar-refractivity contribution in [3.05, 3.63) is 0 Å². The number of unbranched alkanes of at least 4 members (excludes halogenated alkanes) is 23. The number of hydrogen-bond acceptors (Lipinski definition) is 6. The van der Waals surface area contributed by atoms with Gasteiger partial charge in [-0.05, 0) is 84.7 Å². The maximum atomic E-state index is 13.3. The first-order valence-corrected chi connectivity index (χ1v) is 23.0. The molecule has 6 nitrogen and oxygen atoms in total. The van der Waals surface area contributed by atoms with Gasteiger partial charge in [-0.25, -0.2) is 0 Å². The SMILES string of the molecule is CCCCCCCCCCC(=O)OCCCCCCN(CCO)CCCCCCC(C)(C)C(=O)OC(CCCCCCCC)CCCCCCCC. The molecule has 0 aromatic rings. The van der Waals surface area contributed by atoms with E-state index in [1.165, 1.54) is 116 Å². The van der Waals surface area contributed by atoms with Gasteiger partial charge in [0.05, 0.1) is 18.6 Å². The van der Waals surface area contributed by atoms with E-state index in [-0.39, 0.29) is 24.6 Å². The number of hydrogen-bond donors (Lipinski definition) is 1. The highest BCUT2D eigenvalue weighted by Gasteiger charge is 2.30. The summed E-state index contributed by atoms with van der Waals surface area (Å²) in [5, 5.41) is 9.59. The van der Waals surface area contributed by atoms with Crippen LogP contribution in [-0.4, -0.2) is 60.9 Å². The predicted molar refractivity (Wildman–Crippen MR) is 223 cm³/mol. The molecule has 0 aliphatic carbocycles. The highest BCUT2D eigenvalue weighted by Crippen LogP contribution is 2.28. The molecule has 0 aliphatic rings. The Morgan fingerprint density at radius 1 is 0.538 bits per heavy atom. The molecule has 0 spiro atoms. The van der Waals surface area contributed by atoms with Crippen molar-refractivity contribution >= 4 is 11.9 Å². The van der Waals surface area contributed by atoms with Crippen LogP contribution in [0.4, 0.5) is 0 Å². The third kappa shape index (κ3) is 33.4. The van der Waals surface area contributed by atoms with Crippen molar-refractivity contribution in [2.75, 3.05) is 32.8 Å². The van der Waals surface area contributed by atoms with Gasteiger partial charge in [0.15, 0.2) is 0 Å². The van der Waals surface area contributed by atoms with Crippen molar-refractivity contribution < 1.29 is 24.2 Å². The molecule has 0 saturated carbocycles. The molecule has 52 heavy (non-hydrogen) atoms. The number of aliphatic hydroxyl groups is 1.